The smallest absolute Gasteiger partial charge is 0.386 e. The molecule has 0 saturated heterocycles. The van der Waals surface area contributed by atoms with E-state index in [0.717, 1.165) is 0 Å². The molecular weight excluding hydrogens is 259 g/mol. The molecule has 2 nitrogen and oxygen atoms in total. The third kappa shape index (κ3) is 2.04. The van der Waals surface area contributed by atoms with Crippen LogP contribution in [0.4, 0.5) is 22.0 Å². The summed E-state index contributed by atoms with van der Waals surface area (Å²) in [6, 6.07) is 0. The van der Waals surface area contributed by atoms with Crippen LogP contribution in [0.1, 0.15) is 12.8 Å². The van der Waals surface area contributed by atoms with E-state index in [1.165, 1.54) is 0 Å². The molecule has 0 aromatic heterocycles. The molecule has 0 heterocycles. The Kier molecular flexibility index (Phi) is 3.00. The number of aliphatic hydroxyl groups excluding tert-OH is 1. The van der Waals surface area contributed by atoms with Gasteiger partial charge in [0.1, 0.15) is 6.10 Å². The lowest BCUT2D eigenvalue weighted by Crippen LogP contribution is -2.51. The first-order valence-corrected chi connectivity index (χ1v) is 5.50. The van der Waals surface area contributed by atoms with Crippen molar-refractivity contribution in [2.24, 2.45) is 17.8 Å². The van der Waals surface area contributed by atoms with Crippen LogP contribution in [0.5, 0.6) is 0 Å². The molecule has 2 aliphatic carbocycles. The zero-order valence-electron chi connectivity index (χ0n) is 9.12. The monoisotopic (exact) mass is 270 g/mol. The highest BCUT2D eigenvalue weighted by molar-refractivity contribution is 5.91. The maximum Gasteiger partial charge on any atom is 0.456 e. The molecule has 1 fully saturated rings. The van der Waals surface area contributed by atoms with E-state index in [-0.39, 0.29) is 18.3 Å². The first kappa shape index (κ1) is 13.5. The molecule has 0 aromatic carbocycles. The molecule has 2 rings (SSSR count). The van der Waals surface area contributed by atoms with E-state index >= 15 is 0 Å². The number of aliphatic hydroxyl groups is 1. The maximum atomic E-state index is 13.3. The SMILES string of the molecule is O=C(C(F)(F)F)C(F)(F)C(O)C1C[C@@H]2C=C[C@H]1C2. The predicted octanol–water partition coefficient (Wildman–Crippen LogP) is 2.33. The molecule has 102 valence electrons. The minimum Gasteiger partial charge on any atom is -0.386 e. The summed E-state index contributed by atoms with van der Waals surface area (Å²) in [7, 11) is 0. The Balaban J connectivity index is 2.15. The average Bonchev–Trinajstić information content (AvgIpc) is 2.87. The molecule has 0 aliphatic heterocycles. The van der Waals surface area contributed by atoms with Crippen molar-refractivity contribution < 1.29 is 31.9 Å². The van der Waals surface area contributed by atoms with E-state index < -0.39 is 29.9 Å². The number of allylic oxidation sites excluding steroid dienone is 2. The third-order valence-electron chi connectivity index (χ3n) is 3.67. The summed E-state index contributed by atoms with van der Waals surface area (Å²) in [6.45, 7) is 0. The van der Waals surface area contributed by atoms with Gasteiger partial charge in [-0.15, -0.1) is 0 Å². The molecule has 7 heteroatoms. The third-order valence-corrected chi connectivity index (χ3v) is 3.67. The molecule has 2 aliphatic rings. The van der Waals surface area contributed by atoms with Gasteiger partial charge in [0.2, 0.25) is 0 Å². The van der Waals surface area contributed by atoms with Crippen LogP contribution in [0.15, 0.2) is 12.2 Å². The van der Waals surface area contributed by atoms with E-state index in [1.54, 1.807) is 12.2 Å². The van der Waals surface area contributed by atoms with E-state index in [9.17, 15) is 31.9 Å². The zero-order chi connectivity index (χ0) is 13.7. The van der Waals surface area contributed by atoms with Crippen molar-refractivity contribution in [2.75, 3.05) is 0 Å². The number of alkyl halides is 5. The Hall–Kier alpha value is -0.980. The van der Waals surface area contributed by atoms with Crippen LogP contribution in [0.25, 0.3) is 0 Å². The molecule has 2 unspecified atom stereocenters. The molecule has 0 spiro atoms. The number of hydrogen-bond acceptors (Lipinski definition) is 2. The number of Topliss-reactive ketones (excluding diaryl/α,β-unsaturated/α-hetero) is 1. The Labute approximate surface area is 99.5 Å². The fraction of sp³-hybridized carbons (Fsp3) is 0.727. The minimum absolute atomic E-state index is 0.0199. The van der Waals surface area contributed by atoms with Crippen molar-refractivity contribution in [2.45, 2.75) is 31.0 Å². The average molecular weight is 270 g/mol. The van der Waals surface area contributed by atoms with Gasteiger partial charge in [-0.25, -0.2) is 0 Å². The van der Waals surface area contributed by atoms with Crippen molar-refractivity contribution in [3.8, 4) is 0 Å². The molecule has 18 heavy (non-hydrogen) atoms. The Morgan fingerprint density at radius 3 is 2.17 bits per heavy atom. The summed E-state index contributed by atoms with van der Waals surface area (Å²) >= 11 is 0. The van der Waals surface area contributed by atoms with Crippen LogP contribution < -0.4 is 0 Å². The summed E-state index contributed by atoms with van der Waals surface area (Å²) in [5.41, 5.74) is 0. The largest absolute Gasteiger partial charge is 0.456 e. The van der Waals surface area contributed by atoms with Crippen molar-refractivity contribution in [1.82, 2.24) is 0 Å². The van der Waals surface area contributed by atoms with Crippen molar-refractivity contribution >= 4 is 5.78 Å². The highest BCUT2D eigenvalue weighted by atomic mass is 19.4. The van der Waals surface area contributed by atoms with Crippen LogP contribution >= 0.6 is 0 Å². The van der Waals surface area contributed by atoms with Crippen LogP contribution in [-0.2, 0) is 4.79 Å². The van der Waals surface area contributed by atoms with Crippen molar-refractivity contribution in [3.05, 3.63) is 12.2 Å². The van der Waals surface area contributed by atoms with Crippen LogP contribution in [0.3, 0.4) is 0 Å². The van der Waals surface area contributed by atoms with E-state index in [4.69, 9.17) is 0 Å². The highest BCUT2D eigenvalue weighted by Gasteiger charge is 2.61. The van der Waals surface area contributed by atoms with Gasteiger partial charge in [0.05, 0.1) is 0 Å². The summed E-state index contributed by atoms with van der Waals surface area (Å²) < 4.78 is 62.8. The number of carbonyl (C=O) groups is 1. The first-order chi connectivity index (χ1) is 8.14. The van der Waals surface area contributed by atoms with Gasteiger partial charge in [0.15, 0.2) is 0 Å². The second-order valence-electron chi connectivity index (χ2n) is 4.84. The van der Waals surface area contributed by atoms with E-state index in [2.05, 4.69) is 0 Å². The summed E-state index contributed by atoms with van der Waals surface area (Å²) in [5, 5.41) is 9.43. The number of rotatable bonds is 3. The normalized spacial score (nSPS) is 32.9. The fourth-order valence-corrected chi connectivity index (χ4v) is 2.78. The topological polar surface area (TPSA) is 37.3 Å². The van der Waals surface area contributed by atoms with Crippen molar-refractivity contribution in [1.29, 1.82) is 0 Å². The Bertz CT molecular complexity index is 387. The number of ketones is 1. The maximum absolute atomic E-state index is 13.3. The van der Waals surface area contributed by atoms with Crippen LogP contribution in [-0.4, -0.2) is 29.1 Å². The Morgan fingerprint density at radius 2 is 1.78 bits per heavy atom. The lowest BCUT2D eigenvalue weighted by molar-refractivity contribution is -0.213. The lowest BCUT2D eigenvalue weighted by Gasteiger charge is -2.30. The van der Waals surface area contributed by atoms with Gasteiger partial charge < -0.3 is 5.11 Å². The Morgan fingerprint density at radius 1 is 1.17 bits per heavy atom. The number of hydrogen-bond donors (Lipinski definition) is 1. The summed E-state index contributed by atoms with van der Waals surface area (Å²) in [5.74, 6) is -9.28. The zero-order valence-corrected chi connectivity index (χ0v) is 9.12. The molecular formula is C11H11F5O2. The lowest BCUT2D eigenvalue weighted by atomic mass is 9.84. The molecule has 2 bridgehead atoms. The molecule has 0 amide bonds. The minimum atomic E-state index is -5.64. The second kappa shape index (κ2) is 4.01. The number of halogens is 5. The molecule has 1 saturated carbocycles. The molecule has 1 N–H and O–H groups in total. The van der Waals surface area contributed by atoms with Gasteiger partial charge in [0, 0.05) is 0 Å². The van der Waals surface area contributed by atoms with Gasteiger partial charge in [-0.2, -0.15) is 22.0 Å². The fourth-order valence-electron chi connectivity index (χ4n) is 2.78. The summed E-state index contributed by atoms with van der Waals surface area (Å²) in [6.07, 6.45) is -4.04. The molecule has 4 atom stereocenters. The molecule has 0 aromatic rings. The van der Waals surface area contributed by atoms with Gasteiger partial charge in [-0.05, 0) is 30.6 Å². The number of fused-ring (bicyclic) bond motifs is 2. The van der Waals surface area contributed by atoms with E-state index in [1.807, 2.05) is 0 Å². The quantitative estimate of drug-likeness (QED) is 0.631. The van der Waals surface area contributed by atoms with E-state index in [0.29, 0.717) is 6.42 Å². The van der Waals surface area contributed by atoms with Gasteiger partial charge >= 0.3 is 17.9 Å². The van der Waals surface area contributed by atoms with Gasteiger partial charge in [0.25, 0.3) is 0 Å². The van der Waals surface area contributed by atoms with Gasteiger partial charge in [-0.1, -0.05) is 12.2 Å². The summed E-state index contributed by atoms with van der Waals surface area (Å²) in [4.78, 5) is 10.6. The van der Waals surface area contributed by atoms with Gasteiger partial charge in [-0.3, -0.25) is 4.79 Å². The second-order valence-corrected chi connectivity index (χ2v) is 4.84. The first-order valence-electron chi connectivity index (χ1n) is 5.50. The predicted molar refractivity (Wildman–Crippen MR) is 50.9 cm³/mol. The number of carbonyl (C=O) groups excluding carboxylic acids is 1. The van der Waals surface area contributed by atoms with Crippen LogP contribution in [0.2, 0.25) is 0 Å². The van der Waals surface area contributed by atoms with Crippen LogP contribution in [0, 0.1) is 17.8 Å². The van der Waals surface area contributed by atoms with Crippen molar-refractivity contribution in [3.63, 3.8) is 0 Å². The standard InChI is InChI=1S/C11H11F5O2/c12-10(13,9(18)11(14,15)16)8(17)7-4-5-1-2-6(7)3-5/h1-2,5-8,17H,3-4H2/t5-,6+,7?,8?/m1/s1. The highest BCUT2D eigenvalue weighted by Crippen LogP contribution is 2.48. The molecule has 0 radical (unpaired) electrons.